The van der Waals surface area contributed by atoms with Gasteiger partial charge in [-0.15, -0.1) is 0 Å². The fourth-order valence-electron chi connectivity index (χ4n) is 0.957. The Morgan fingerprint density at radius 2 is 1.31 bits per heavy atom. The standard InChI is InChI=1S/C7H15O2.C4H10O.ClH.Mg/c1-4-7(8-5-2)9-6-3;1-3-5-4-2;;/h7H,1,4-6H2,2-3H3;3-4H2,1-2H3;1H;/q;;;+1/p-1. The summed E-state index contributed by atoms with van der Waals surface area (Å²) >= 11 is 1.95. The van der Waals surface area contributed by atoms with E-state index in [9.17, 15) is 0 Å². The minimum Gasteiger partial charge on any atom is -1.00 e. The summed E-state index contributed by atoms with van der Waals surface area (Å²) in [6.07, 6.45) is 1.05. The predicted octanol–water partition coefficient (Wildman–Crippen LogP) is -0.591. The Hall–Kier alpha value is 0.936. The van der Waals surface area contributed by atoms with E-state index in [-0.39, 0.29) is 18.7 Å². The maximum atomic E-state index is 5.31. The summed E-state index contributed by atoms with van der Waals surface area (Å²) in [4.78, 5) is 0. The van der Waals surface area contributed by atoms with Crippen molar-refractivity contribution in [3.8, 4) is 0 Å². The Kier molecular flexibility index (Phi) is 29.4. The Labute approximate surface area is 119 Å². The Morgan fingerprint density at radius 1 is 0.875 bits per heavy atom. The largest absolute Gasteiger partial charge is 1.00 e. The molecule has 0 aromatic rings. The van der Waals surface area contributed by atoms with Crippen LogP contribution < -0.4 is 12.4 Å². The molecule has 0 unspecified atom stereocenters. The van der Waals surface area contributed by atoms with Gasteiger partial charge in [0.15, 0.2) is 0 Å². The molecule has 0 radical (unpaired) electrons. The average molecular weight is 265 g/mol. The summed E-state index contributed by atoms with van der Waals surface area (Å²) in [5, 5.41) is 0. The van der Waals surface area contributed by atoms with Crippen molar-refractivity contribution < 1.29 is 26.6 Å². The maximum Gasteiger partial charge on any atom is 0.0437 e. The first-order valence-electron chi connectivity index (χ1n) is 5.86. The quantitative estimate of drug-likeness (QED) is 0.433. The molecule has 0 bridgehead atoms. The van der Waals surface area contributed by atoms with Crippen LogP contribution in [0.25, 0.3) is 0 Å². The van der Waals surface area contributed by atoms with Crippen LogP contribution >= 0.6 is 0 Å². The van der Waals surface area contributed by atoms with E-state index >= 15 is 0 Å². The molecule has 0 fully saturated rings. The first-order valence-corrected chi connectivity index (χ1v) is 6.86. The molecule has 0 rings (SSSR count). The van der Waals surface area contributed by atoms with Gasteiger partial charge < -0.3 is 17.1 Å². The van der Waals surface area contributed by atoms with Crippen LogP contribution in [-0.2, 0) is 14.2 Å². The van der Waals surface area contributed by atoms with Crippen LogP contribution in [0.2, 0.25) is 4.55 Å². The number of rotatable bonds is 8. The second kappa shape index (κ2) is 21.2. The summed E-state index contributed by atoms with van der Waals surface area (Å²) in [5.74, 6) is 0. The topological polar surface area (TPSA) is 27.7 Å². The molecule has 16 heavy (non-hydrogen) atoms. The molecule has 0 atom stereocenters. The van der Waals surface area contributed by atoms with Crippen LogP contribution in [-0.4, -0.2) is 54.4 Å². The van der Waals surface area contributed by atoms with Crippen molar-refractivity contribution in [1.82, 2.24) is 0 Å². The van der Waals surface area contributed by atoms with E-state index in [2.05, 4.69) is 0 Å². The predicted molar refractivity (Wildman–Crippen MR) is 64.4 cm³/mol. The second-order valence-corrected chi connectivity index (χ2v) is 3.47. The summed E-state index contributed by atoms with van der Waals surface area (Å²) < 4.78 is 16.6. The molecular weight excluding hydrogens is 240 g/mol. The smallest absolute Gasteiger partial charge is 0.0437 e. The Balaban J connectivity index is -0.000000242. The van der Waals surface area contributed by atoms with Crippen LogP contribution in [0.5, 0.6) is 0 Å². The van der Waals surface area contributed by atoms with Crippen LogP contribution in [0.4, 0.5) is 0 Å². The van der Waals surface area contributed by atoms with E-state index in [0.717, 1.165) is 37.4 Å². The monoisotopic (exact) mass is 264 g/mol. The third-order valence-electron chi connectivity index (χ3n) is 1.55. The van der Waals surface area contributed by atoms with E-state index < -0.39 is 0 Å². The molecule has 0 saturated carbocycles. The van der Waals surface area contributed by atoms with Gasteiger partial charge in [0.25, 0.3) is 0 Å². The van der Waals surface area contributed by atoms with Gasteiger partial charge in [-0.3, -0.25) is 0 Å². The number of ether oxygens (including phenoxy) is 3. The van der Waals surface area contributed by atoms with Crippen LogP contribution in [0.1, 0.15) is 34.1 Å². The molecule has 0 heterocycles. The molecule has 0 aliphatic carbocycles. The molecular formula is C11H25ClMgO3. The van der Waals surface area contributed by atoms with E-state index in [1.165, 1.54) is 0 Å². The average Bonchev–Trinajstić information content (AvgIpc) is 2.21. The van der Waals surface area contributed by atoms with E-state index in [1.54, 1.807) is 0 Å². The van der Waals surface area contributed by atoms with E-state index in [1.807, 2.05) is 49.4 Å². The number of halogens is 1. The third-order valence-corrected chi connectivity index (χ3v) is 1.96. The van der Waals surface area contributed by atoms with Gasteiger partial charge >= 0.3 is 75.5 Å². The molecule has 0 aliphatic heterocycles. The van der Waals surface area contributed by atoms with Crippen molar-refractivity contribution in [2.75, 3.05) is 26.4 Å². The van der Waals surface area contributed by atoms with Crippen LogP contribution in [0.3, 0.4) is 0 Å². The molecule has 0 aromatic heterocycles. The summed E-state index contributed by atoms with van der Waals surface area (Å²) in [6, 6.07) is 0. The molecule has 0 aliphatic rings. The maximum absolute atomic E-state index is 5.31. The zero-order chi connectivity index (χ0) is 11.9. The summed E-state index contributed by atoms with van der Waals surface area (Å²) in [5.41, 5.74) is 0. The third kappa shape index (κ3) is 20.4. The molecule has 0 saturated heterocycles. The SMILES string of the molecule is CCOC(C[CH2][Mg+])OCC.CCOCC.[Cl-]. The Bertz CT molecular complexity index is 91.0. The summed E-state index contributed by atoms with van der Waals surface area (Å²) in [7, 11) is 0. The van der Waals surface area contributed by atoms with E-state index in [4.69, 9.17) is 14.2 Å². The van der Waals surface area contributed by atoms with Crippen LogP contribution in [0, 0.1) is 0 Å². The van der Waals surface area contributed by atoms with Gasteiger partial charge in [-0.2, -0.15) is 0 Å². The number of hydrogen-bond acceptors (Lipinski definition) is 3. The van der Waals surface area contributed by atoms with Gasteiger partial charge in [-0.25, -0.2) is 0 Å². The van der Waals surface area contributed by atoms with Gasteiger partial charge in [0.2, 0.25) is 0 Å². The van der Waals surface area contributed by atoms with Gasteiger partial charge in [0.05, 0.1) is 0 Å². The van der Waals surface area contributed by atoms with Crippen molar-refractivity contribution in [2.45, 2.75) is 45.0 Å². The summed E-state index contributed by atoms with van der Waals surface area (Å²) in [6.45, 7) is 11.1. The minimum absolute atomic E-state index is 0. The normalized spacial score (nSPS) is 9.44. The number of hydrogen-bond donors (Lipinski definition) is 0. The molecule has 5 heteroatoms. The van der Waals surface area contributed by atoms with Crippen molar-refractivity contribution in [3.63, 3.8) is 0 Å². The van der Waals surface area contributed by atoms with Crippen molar-refractivity contribution in [1.29, 1.82) is 0 Å². The zero-order valence-electron chi connectivity index (χ0n) is 11.1. The fraction of sp³-hybridized carbons (Fsp3) is 1.00. The van der Waals surface area contributed by atoms with Crippen LogP contribution in [0.15, 0.2) is 0 Å². The van der Waals surface area contributed by atoms with Gasteiger partial charge in [-0.05, 0) is 13.8 Å². The van der Waals surface area contributed by atoms with Crippen molar-refractivity contribution >= 4 is 21.7 Å². The molecule has 0 N–H and O–H groups in total. The van der Waals surface area contributed by atoms with Crippen molar-refractivity contribution in [2.24, 2.45) is 0 Å². The van der Waals surface area contributed by atoms with Gasteiger partial charge in [-0.1, -0.05) is 0 Å². The second-order valence-electron chi connectivity index (χ2n) is 2.76. The molecule has 0 amide bonds. The molecule has 3 nitrogen and oxygen atoms in total. The molecule has 0 aromatic carbocycles. The fourth-order valence-corrected chi connectivity index (χ4v) is 1.29. The molecule has 0 spiro atoms. The molecule has 96 valence electrons. The first kappa shape index (κ1) is 22.1. The van der Waals surface area contributed by atoms with E-state index in [0.29, 0.717) is 0 Å². The van der Waals surface area contributed by atoms with Gasteiger partial charge in [0, 0.05) is 13.2 Å². The minimum atomic E-state index is 0. The van der Waals surface area contributed by atoms with Gasteiger partial charge in [0.1, 0.15) is 0 Å². The zero-order valence-corrected chi connectivity index (χ0v) is 13.3. The van der Waals surface area contributed by atoms with Crippen molar-refractivity contribution in [3.05, 3.63) is 0 Å². The first-order chi connectivity index (χ1) is 7.26. The Morgan fingerprint density at radius 3 is 1.50 bits per heavy atom.